The van der Waals surface area contributed by atoms with Gasteiger partial charge in [-0.15, -0.1) is 0 Å². The predicted octanol–water partition coefficient (Wildman–Crippen LogP) is -3.15. The van der Waals surface area contributed by atoms with Crippen LogP contribution in [0.2, 0.25) is 13.1 Å². The molecule has 1 atom stereocenters. The van der Waals surface area contributed by atoms with Crippen LogP contribution >= 0.6 is 0 Å². The zero-order chi connectivity index (χ0) is 9.22. The molecular weight excluding hydrogens is 322 g/mol. The van der Waals surface area contributed by atoms with Crippen molar-refractivity contribution < 1.29 is 49.5 Å². The summed E-state index contributed by atoms with van der Waals surface area (Å²) >= 11 is 1.61. The predicted molar refractivity (Wildman–Crippen MR) is 53.6 cm³/mol. The van der Waals surface area contributed by atoms with Crippen LogP contribution in [0.4, 0.5) is 0 Å². The Morgan fingerprint density at radius 2 is 1.73 bits per heavy atom. The molecular formula is C11H11Cl2SiZr. The van der Waals surface area contributed by atoms with Gasteiger partial charge in [0.1, 0.15) is 0 Å². The number of halogens is 2. The third-order valence-corrected chi connectivity index (χ3v) is 9.03. The van der Waals surface area contributed by atoms with Crippen LogP contribution in [0.5, 0.6) is 0 Å². The van der Waals surface area contributed by atoms with Crippen molar-refractivity contribution in [1.82, 2.24) is 0 Å². The van der Waals surface area contributed by atoms with E-state index in [1.165, 1.54) is 0 Å². The first-order valence-electron chi connectivity index (χ1n) is 4.69. The first-order chi connectivity index (χ1) is 6.14. The summed E-state index contributed by atoms with van der Waals surface area (Å²) in [6, 6.07) is 8.98. The summed E-state index contributed by atoms with van der Waals surface area (Å²) in [5.74, 6) is 0. The van der Waals surface area contributed by atoms with Crippen LogP contribution in [-0.2, 0) is 24.7 Å². The van der Waals surface area contributed by atoms with E-state index in [4.69, 9.17) is 0 Å². The Morgan fingerprint density at radius 1 is 1.13 bits per heavy atom. The van der Waals surface area contributed by atoms with E-state index in [0.717, 1.165) is 5.54 Å². The second-order valence-corrected chi connectivity index (χ2v) is 10.3. The van der Waals surface area contributed by atoms with Gasteiger partial charge >= 0.3 is 95.3 Å². The van der Waals surface area contributed by atoms with Gasteiger partial charge in [0.2, 0.25) is 0 Å². The van der Waals surface area contributed by atoms with Crippen molar-refractivity contribution in [3.63, 3.8) is 0 Å². The van der Waals surface area contributed by atoms with Gasteiger partial charge in [-0.25, -0.2) is 0 Å². The van der Waals surface area contributed by atoms with Gasteiger partial charge in [-0.3, -0.25) is 0 Å². The van der Waals surface area contributed by atoms with Crippen molar-refractivity contribution in [1.29, 1.82) is 0 Å². The molecule has 1 aromatic carbocycles. The minimum atomic E-state index is -0.919. The summed E-state index contributed by atoms with van der Waals surface area (Å²) in [7, 11) is -0.919. The quantitative estimate of drug-likeness (QED) is 0.440. The molecule has 0 radical (unpaired) electrons. The fraction of sp³-hybridized carbons (Fsp3) is 0.273. The summed E-state index contributed by atoms with van der Waals surface area (Å²) in [6.07, 6.45) is 0. The summed E-state index contributed by atoms with van der Waals surface area (Å²) in [6.45, 7) is 5.01. The fourth-order valence-corrected chi connectivity index (χ4v) is 10.4. The minimum Gasteiger partial charge on any atom is -1.00 e. The van der Waals surface area contributed by atoms with Gasteiger partial charge in [-0.05, 0) is 0 Å². The number of benzene rings is 1. The molecule has 1 fully saturated rings. The van der Waals surface area contributed by atoms with Gasteiger partial charge in [0.25, 0.3) is 0 Å². The molecule has 0 amide bonds. The second kappa shape index (κ2) is 4.14. The summed E-state index contributed by atoms with van der Waals surface area (Å²) in [5, 5.41) is 1.85. The molecule has 1 heterocycles. The average molecular weight is 333 g/mol. The van der Waals surface area contributed by atoms with Crippen LogP contribution < -0.4 is 24.8 Å². The first-order valence-corrected chi connectivity index (χ1v) is 9.00. The number of fused-ring (bicyclic) bond motifs is 3. The second-order valence-electron chi connectivity index (χ2n) is 4.53. The molecule has 1 saturated heterocycles. The molecule has 4 heteroatoms. The maximum absolute atomic E-state index is 2.51. The molecule has 0 saturated carbocycles. The molecule has 0 aromatic heterocycles. The molecule has 1 aliphatic heterocycles. The molecule has 0 N–H and O–H groups in total. The van der Waals surface area contributed by atoms with Crippen molar-refractivity contribution in [3.8, 4) is 0 Å². The molecule has 0 nitrogen and oxygen atoms in total. The molecule has 1 aliphatic carbocycles. The van der Waals surface area contributed by atoms with E-state index in [-0.39, 0.29) is 24.8 Å². The van der Waals surface area contributed by atoms with Crippen molar-refractivity contribution in [3.05, 3.63) is 40.6 Å². The van der Waals surface area contributed by atoms with Crippen LogP contribution in [0.3, 0.4) is 0 Å². The maximum Gasteiger partial charge on any atom is -1.00 e. The van der Waals surface area contributed by atoms with E-state index in [1.807, 2.05) is 5.20 Å². The van der Waals surface area contributed by atoms with Gasteiger partial charge in [0, 0.05) is 0 Å². The Kier molecular flexibility index (Phi) is 3.79. The molecule has 1 unspecified atom stereocenters. The monoisotopic (exact) mass is 331 g/mol. The number of hydrogen-bond donors (Lipinski definition) is 0. The number of hydrogen-bond acceptors (Lipinski definition) is 0. The third-order valence-electron chi connectivity index (χ3n) is 3.43. The first kappa shape index (κ1) is 13.7. The van der Waals surface area contributed by atoms with E-state index >= 15 is 0 Å². The smallest absolute Gasteiger partial charge is 1.00 e. The van der Waals surface area contributed by atoms with E-state index in [1.54, 1.807) is 39.1 Å². The molecule has 2 aliphatic rings. The normalized spacial score (nSPS) is 23.6. The molecule has 0 bridgehead atoms. The van der Waals surface area contributed by atoms with Crippen LogP contribution in [0.15, 0.2) is 29.5 Å². The minimum absolute atomic E-state index is 0. The van der Waals surface area contributed by atoms with Gasteiger partial charge in [-0.1, -0.05) is 0 Å². The Labute approximate surface area is 119 Å². The molecule has 3 rings (SSSR count). The van der Waals surface area contributed by atoms with Crippen molar-refractivity contribution >= 4 is 11.4 Å². The maximum atomic E-state index is 2.51. The summed E-state index contributed by atoms with van der Waals surface area (Å²) < 4.78 is 1.68. The number of allylic oxidation sites excluding steroid dienone is 1. The van der Waals surface area contributed by atoms with E-state index in [0.29, 0.717) is 0 Å². The van der Waals surface area contributed by atoms with Crippen molar-refractivity contribution in [2.45, 2.75) is 18.6 Å². The van der Waals surface area contributed by atoms with Crippen LogP contribution in [-0.4, -0.2) is 8.07 Å². The SMILES string of the molecule is C[Si]1(C)C2=[C]([Zr+2])c3ccccc3C21.[Cl-].[Cl-]. The van der Waals surface area contributed by atoms with E-state index < -0.39 is 8.07 Å². The Balaban J connectivity index is 0.000000562. The standard InChI is InChI=1S/C11H11Si.2ClH.Zr/c1-12(2)10-7-8-5-3-4-6-9(8)11(10)12;;;/h3-6,11H,1-2H3;2*1H;/q;;;+2/p-2. The van der Waals surface area contributed by atoms with Crippen molar-refractivity contribution in [2.24, 2.45) is 0 Å². The van der Waals surface area contributed by atoms with Gasteiger partial charge in [0.05, 0.1) is 0 Å². The largest absolute Gasteiger partial charge is 1.00 e. The fourth-order valence-electron chi connectivity index (χ4n) is 2.68. The van der Waals surface area contributed by atoms with Crippen LogP contribution in [0.25, 0.3) is 3.28 Å². The topological polar surface area (TPSA) is 0 Å². The zero-order valence-electron chi connectivity index (χ0n) is 8.64. The van der Waals surface area contributed by atoms with Crippen LogP contribution in [0, 0.1) is 0 Å². The molecule has 77 valence electrons. The summed E-state index contributed by atoms with van der Waals surface area (Å²) in [4.78, 5) is 0. The zero-order valence-corrected chi connectivity index (χ0v) is 13.6. The average Bonchev–Trinajstić information content (AvgIpc) is 2.50. The van der Waals surface area contributed by atoms with Gasteiger partial charge in [0.15, 0.2) is 0 Å². The summed E-state index contributed by atoms with van der Waals surface area (Å²) in [5.41, 5.74) is 4.10. The number of rotatable bonds is 0. The molecule has 0 spiro atoms. The van der Waals surface area contributed by atoms with Crippen molar-refractivity contribution in [2.75, 3.05) is 0 Å². The Morgan fingerprint density at radius 3 is 2.40 bits per heavy atom. The Hall–Kier alpha value is 0.640. The van der Waals surface area contributed by atoms with Gasteiger partial charge in [-0.2, -0.15) is 0 Å². The van der Waals surface area contributed by atoms with E-state index in [2.05, 4.69) is 37.4 Å². The van der Waals surface area contributed by atoms with E-state index in [9.17, 15) is 0 Å². The van der Waals surface area contributed by atoms with Crippen LogP contribution in [0.1, 0.15) is 16.7 Å². The van der Waals surface area contributed by atoms with Gasteiger partial charge < -0.3 is 24.8 Å². The molecule has 15 heavy (non-hydrogen) atoms. The third kappa shape index (κ3) is 1.65. The Bertz CT molecular complexity index is 440. The molecule has 1 aromatic rings.